The van der Waals surface area contributed by atoms with E-state index in [1.165, 1.54) is 0 Å². The number of hydrogen-bond acceptors (Lipinski definition) is 4. The fourth-order valence-corrected chi connectivity index (χ4v) is 2.56. The number of nitrogens with zero attached hydrogens (tertiary/aromatic N) is 2. The molecule has 0 aliphatic carbocycles. The molecule has 1 aromatic rings. The quantitative estimate of drug-likeness (QED) is 0.929. The Balaban J connectivity index is 2.00. The van der Waals surface area contributed by atoms with E-state index in [9.17, 15) is 9.59 Å². The Hall–Kier alpha value is -2.11. The van der Waals surface area contributed by atoms with Crippen LogP contribution in [0.1, 0.15) is 45.6 Å². The lowest BCUT2D eigenvalue weighted by atomic mass is 10.1. The molecule has 2 rings (SSSR count). The van der Waals surface area contributed by atoms with E-state index >= 15 is 0 Å². The van der Waals surface area contributed by atoms with Crippen LogP contribution in [0.25, 0.3) is 0 Å². The van der Waals surface area contributed by atoms with Crippen molar-refractivity contribution in [3.63, 3.8) is 0 Å². The number of aromatic nitrogens is 1. The first kappa shape index (κ1) is 17.2. The highest BCUT2D eigenvalue weighted by molar-refractivity contribution is 5.86. The molecule has 1 fully saturated rings. The second-order valence-corrected chi connectivity index (χ2v) is 6.82. The van der Waals surface area contributed by atoms with E-state index in [2.05, 4.69) is 10.3 Å². The van der Waals surface area contributed by atoms with Gasteiger partial charge in [0, 0.05) is 25.5 Å². The molecule has 2 heterocycles. The number of carbonyl (C=O) groups excluding carboxylic acids is 2. The standard InChI is InChI=1S/C17H25N3O3/c1-17(2,3)23-16(22)19-14-8-4-5-10-20(15(14)21)12-13-7-6-9-18-11-13/h6-7,9,11,14H,4-5,8,10,12H2,1-3H3,(H,19,22)/t14-/m0/s1. The maximum absolute atomic E-state index is 12.7. The first-order chi connectivity index (χ1) is 10.8. The van der Waals surface area contributed by atoms with E-state index in [1.807, 2.05) is 12.1 Å². The third kappa shape index (κ3) is 5.54. The molecule has 1 aliphatic heterocycles. The predicted octanol–water partition coefficient (Wildman–Crippen LogP) is 2.49. The number of carbonyl (C=O) groups is 2. The van der Waals surface area contributed by atoms with E-state index in [0.717, 1.165) is 18.4 Å². The minimum absolute atomic E-state index is 0.0581. The van der Waals surface area contributed by atoms with Gasteiger partial charge in [-0.2, -0.15) is 0 Å². The molecule has 126 valence electrons. The number of nitrogens with one attached hydrogen (secondary N) is 1. The molecule has 6 nitrogen and oxygen atoms in total. The van der Waals surface area contributed by atoms with Crippen LogP contribution < -0.4 is 5.32 Å². The lowest BCUT2D eigenvalue weighted by Gasteiger charge is -2.26. The molecule has 23 heavy (non-hydrogen) atoms. The van der Waals surface area contributed by atoms with Gasteiger partial charge in [-0.05, 0) is 51.7 Å². The molecule has 0 unspecified atom stereocenters. The summed E-state index contributed by atoms with van der Waals surface area (Å²) in [6.45, 7) is 6.61. The van der Waals surface area contributed by atoms with Gasteiger partial charge in [-0.15, -0.1) is 0 Å². The number of likely N-dealkylation sites (tertiary alicyclic amines) is 1. The Morgan fingerprint density at radius 1 is 1.43 bits per heavy atom. The second kappa shape index (κ2) is 7.44. The fraction of sp³-hybridized carbons (Fsp3) is 0.588. The predicted molar refractivity (Wildman–Crippen MR) is 86.7 cm³/mol. The molecular formula is C17H25N3O3. The van der Waals surface area contributed by atoms with Gasteiger partial charge in [0.2, 0.25) is 5.91 Å². The molecule has 2 amide bonds. The van der Waals surface area contributed by atoms with Gasteiger partial charge < -0.3 is 15.0 Å². The van der Waals surface area contributed by atoms with Crippen molar-refractivity contribution in [3.8, 4) is 0 Å². The third-order valence-electron chi connectivity index (χ3n) is 3.57. The van der Waals surface area contributed by atoms with Gasteiger partial charge in [0.25, 0.3) is 0 Å². The van der Waals surface area contributed by atoms with Crippen molar-refractivity contribution in [2.45, 2.75) is 58.2 Å². The summed E-state index contributed by atoms with van der Waals surface area (Å²) < 4.78 is 5.25. The van der Waals surface area contributed by atoms with Crippen LogP contribution in [0.5, 0.6) is 0 Å². The van der Waals surface area contributed by atoms with Crippen molar-refractivity contribution >= 4 is 12.0 Å². The molecule has 1 saturated heterocycles. The van der Waals surface area contributed by atoms with Crippen molar-refractivity contribution in [2.24, 2.45) is 0 Å². The molecule has 6 heteroatoms. The molecule has 1 aromatic heterocycles. The number of ether oxygens (including phenoxy) is 1. The van der Waals surface area contributed by atoms with Crippen molar-refractivity contribution < 1.29 is 14.3 Å². The van der Waals surface area contributed by atoms with Crippen molar-refractivity contribution in [3.05, 3.63) is 30.1 Å². The Bertz CT molecular complexity index is 540. The highest BCUT2D eigenvalue weighted by Gasteiger charge is 2.29. The average molecular weight is 319 g/mol. The summed E-state index contributed by atoms with van der Waals surface area (Å²) in [6, 6.07) is 3.28. The van der Waals surface area contributed by atoms with E-state index in [0.29, 0.717) is 19.5 Å². The first-order valence-electron chi connectivity index (χ1n) is 8.02. The van der Waals surface area contributed by atoms with Crippen molar-refractivity contribution in [1.82, 2.24) is 15.2 Å². The van der Waals surface area contributed by atoms with Gasteiger partial charge in [0.15, 0.2) is 0 Å². The third-order valence-corrected chi connectivity index (χ3v) is 3.57. The van der Waals surface area contributed by atoms with Crippen LogP contribution in [0.3, 0.4) is 0 Å². The minimum atomic E-state index is -0.576. The van der Waals surface area contributed by atoms with Crippen LogP contribution >= 0.6 is 0 Å². The molecule has 0 saturated carbocycles. The summed E-state index contributed by atoms with van der Waals surface area (Å²) in [5, 5.41) is 2.71. The van der Waals surface area contributed by atoms with Crippen molar-refractivity contribution in [2.75, 3.05) is 6.54 Å². The normalized spacial score (nSPS) is 19.2. The molecular weight excluding hydrogens is 294 g/mol. The van der Waals surface area contributed by atoms with Gasteiger partial charge >= 0.3 is 6.09 Å². The van der Waals surface area contributed by atoms with Gasteiger partial charge in [0.1, 0.15) is 11.6 Å². The summed E-state index contributed by atoms with van der Waals surface area (Å²) in [6.07, 6.45) is 5.39. The summed E-state index contributed by atoms with van der Waals surface area (Å²) in [5.74, 6) is -0.0581. The minimum Gasteiger partial charge on any atom is -0.444 e. The zero-order chi connectivity index (χ0) is 16.9. The number of pyridine rings is 1. The zero-order valence-electron chi connectivity index (χ0n) is 14.0. The van der Waals surface area contributed by atoms with Crippen LogP contribution in [0.15, 0.2) is 24.5 Å². The molecule has 0 spiro atoms. The van der Waals surface area contributed by atoms with Crippen molar-refractivity contribution in [1.29, 1.82) is 0 Å². The average Bonchev–Trinajstić information content (AvgIpc) is 2.62. The van der Waals surface area contributed by atoms with E-state index in [-0.39, 0.29) is 5.91 Å². The maximum Gasteiger partial charge on any atom is 0.408 e. The molecule has 0 aromatic carbocycles. The van der Waals surface area contributed by atoms with Crippen LogP contribution in [0.4, 0.5) is 4.79 Å². The van der Waals surface area contributed by atoms with Crippen LogP contribution in [-0.4, -0.2) is 40.1 Å². The molecule has 0 bridgehead atoms. The Kier molecular flexibility index (Phi) is 5.58. The van der Waals surface area contributed by atoms with Gasteiger partial charge in [0.05, 0.1) is 0 Å². The lowest BCUT2D eigenvalue weighted by Crippen LogP contribution is -2.48. The summed E-state index contributed by atoms with van der Waals surface area (Å²) in [5.41, 5.74) is 0.409. The number of rotatable bonds is 3. The number of amides is 2. The Morgan fingerprint density at radius 2 is 2.22 bits per heavy atom. The monoisotopic (exact) mass is 319 g/mol. The van der Waals surface area contributed by atoms with Gasteiger partial charge in [-0.25, -0.2) is 4.79 Å². The highest BCUT2D eigenvalue weighted by atomic mass is 16.6. The first-order valence-corrected chi connectivity index (χ1v) is 8.02. The largest absolute Gasteiger partial charge is 0.444 e. The lowest BCUT2D eigenvalue weighted by molar-refractivity contribution is -0.133. The van der Waals surface area contributed by atoms with Gasteiger partial charge in [-0.3, -0.25) is 9.78 Å². The Labute approximate surface area is 137 Å². The van der Waals surface area contributed by atoms with E-state index in [4.69, 9.17) is 4.74 Å². The highest BCUT2D eigenvalue weighted by Crippen LogP contribution is 2.16. The van der Waals surface area contributed by atoms with Crippen LogP contribution in [0, 0.1) is 0 Å². The van der Waals surface area contributed by atoms with Crippen LogP contribution in [-0.2, 0) is 16.1 Å². The van der Waals surface area contributed by atoms with E-state index in [1.54, 1.807) is 38.1 Å². The number of alkyl carbamates (subject to hydrolysis) is 1. The number of hydrogen-bond donors (Lipinski definition) is 1. The smallest absolute Gasteiger partial charge is 0.408 e. The maximum atomic E-state index is 12.7. The van der Waals surface area contributed by atoms with Gasteiger partial charge in [-0.1, -0.05) is 6.07 Å². The zero-order valence-corrected chi connectivity index (χ0v) is 14.0. The SMILES string of the molecule is CC(C)(C)OC(=O)N[C@H]1CCCCN(Cc2cccnc2)C1=O. The fourth-order valence-electron chi connectivity index (χ4n) is 2.56. The van der Waals surface area contributed by atoms with Crippen LogP contribution in [0.2, 0.25) is 0 Å². The van der Waals surface area contributed by atoms with E-state index < -0.39 is 17.7 Å². The molecule has 1 atom stereocenters. The molecule has 1 aliphatic rings. The summed E-state index contributed by atoms with van der Waals surface area (Å²) in [4.78, 5) is 30.5. The summed E-state index contributed by atoms with van der Waals surface area (Å²) in [7, 11) is 0. The topological polar surface area (TPSA) is 71.5 Å². The molecule has 0 radical (unpaired) electrons. The molecule has 1 N–H and O–H groups in total. The second-order valence-electron chi connectivity index (χ2n) is 6.82. The summed E-state index contributed by atoms with van der Waals surface area (Å²) >= 11 is 0. The Morgan fingerprint density at radius 3 is 2.87 bits per heavy atom.